The Bertz CT molecular complexity index is 8970. The number of nitrogens with zero attached hydrogens (tertiary/aromatic N) is 10. The van der Waals surface area contributed by atoms with E-state index in [1.54, 1.807) is 0 Å². The Morgan fingerprint density at radius 1 is 0.159 bits per heavy atom. The number of hydrogen-bond donors (Lipinski definition) is 0. The van der Waals surface area contributed by atoms with Crippen molar-refractivity contribution >= 4 is 112 Å². The predicted octanol–water partition coefficient (Wildman–Crippen LogP) is 33.7. The normalized spacial score (nSPS) is 11.5. The van der Waals surface area contributed by atoms with Crippen LogP contribution in [0.2, 0.25) is 0 Å². The Labute approximate surface area is 807 Å². The van der Waals surface area contributed by atoms with Gasteiger partial charge in [-0.2, -0.15) is 0 Å². The summed E-state index contributed by atoms with van der Waals surface area (Å²) in [4.78, 5) is 38.5. The Balaban J connectivity index is 0.000000110. The molecule has 0 N–H and O–H groups in total. The van der Waals surface area contributed by atoms with Crippen LogP contribution in [0.15, 0.2) is 485 Å². The van der Waals surface area contributed by atoms with Crippen molar-refractivity contribution in [3.63, 3.8) is 0 Å². The van der Waals surface area contributed by atoms with Gasteiger partial charge in [-0.05, 0) is 105 Å². The van der Waals surface area contributed by atoms with Crippen LogP contribution in [0.3, 0.4) is 0 Å². The Kier molecular flexibility index (Phi) is 21.3. The average Bonchev–Trinajstić information content (AvgIpc) is 1.56. The largest absolute Gasteiger partial charge is 0.299 e. The first-order valence-corrected chi connectivity index (χ1v) is 48.6. The van der Waals surface area contributed by atoms with E-state index in [1.807, 2.05) is 155 Å². The van der Waals surface area contributed by atoms with Gasteiger partial charge in [-0.25, -0.2) is 34.9 Å². The number of rotatable bonds is 15. The molecule has 0 atom stereocenters. The van der Waals surface area contributed by atoms with Gasteiger partial charge in [-0.15, -0.1) is 34.0 Å². The second-order valence-electron chi connectivity index (χ2n) is 34.1. The standard InChI is InChI=1S/2C42H27N3S.C41H26N4S/c1-4-13-28(14-5-1)33-19-12-21-37-40(33)39(42-45(37)36-20-10-11-22-38(36)46-42)31-25-23-30(24-26-31)35-27-34(29-15-6-2-7-16-29)43-41(44-35)32-17-8-3-9-18-32;1-4-12-28(13-5-1)33-24-25-34-38(26-33)45-37-18-10-11-19-39(37)46-42(45)40(34)31-22-20-30(21-23-31)36-27-35(29-14-6-2-7-15-29)43-41(44-36)32-16-8-3-9-17-32;1-4-13-27(14-5-1)32-19-12-20-33-36(41-45(37(32)33)34-21-10-11-22-35(34)46-41)28-23-25-31(26-24-28)40-43-38(29-15-6-2-7-16-29)42-39(44-40)30-17-8-3-9-18-30/h2*1-27H;1-26H. The quantitative estimate of drug-likeness (QED) is 0.101. The lowest BCUT2D eigenvalue weighted by molar-refractivity contribution is 1.07. The highest BCUT2D eigenvalue weighted by atomic mass is 32.1. The molecule has 0 bridgehead atoms. The fraction of sp³-hybridized carbons (Fsp3) is 0. The van der Waals surface area contributed by atoms with Gasteiger partial charge in [0.25, 0.3) is 0 Å². The number of hydrogen-bond acceptors (Lipinski definition) is 10. The summed E-state index contributed by atoms with van der Waals surface area (Å²) < 4.78 is 11.2. The lowest BCUT2D eigenvalue weighted by atomic mass is 9.95. The van der Waals surface area contributed by atoms with Crippen LogP contribution in [-0.2, 0) is 0 Å². The summed E-state index contributed by atoms with van der Waals surface area (Å²) in [6.45, 7) is 0. The second kappa shape index (κ2) is 35.7. The molecule has 0 spiro atoms. The van der Waals surface area contributed by atoms with Crippen molar-refractivity contribution in [3.8, 4) is 169 Å². The van der Waals surface area contributed by atoms with Crippen LogP contribution < -0.4 is 0 Å². The molecule has 9 aromatic heterocycles. The molecule has 0 aliphatic rings. The summed E-state index contributed by atoms with van der Waals surface area (Å²) in [6, 6.07) is 170. The van der Waals surface area contributed by atoms with E-state index in [9.17, 15) is 0 Å². The number of para-hydroxylation sites is 4. The second-order valence-corrected chi connectivity index (χ2v) is 37.2. The monoisotopic (exact) mass is 1820 g/mol. The van der Waals surface area contributed by atoms with Crippen molar-refractivity contribution in [2.45, 2.75) is 0 Å². The molecule has 0 saturated carbocycles. The van der Waals surface area contributed by atoms with Gasteiger partial charge in [0.1, 0.15) is 14.5 Å². The third-order valence-corrected chi connectivity index (χ3v) is 29.2. The lowest BCUT2D eigenvalue weighted by Gasteiger charge is -2.11. The molecular formula is C125H80N10S3. The highest BCUT2D eigenvalue weighted by Gasteiger charge is 2.27. The van der Waals surface area contributed by atoms with Crippen LogP contribution >= 0.6 is 34.0 Å². The van der Waals surface area contributed by atoms with Gasteiger partial charge in [0, 0.05) is 88.5 Å². The van der Waals surface area contributed by atoms with E-state index in [0.29, 0.717) is 17.5 Å². The molecule has 0 radical (unpaired) electrons. The van der Waals surface area contributed by atoms with E-state index in [-0.39, 0.29) is 0 Å². The summed E-state index contributed by atoms with van der Waals surface area (Å²) in [5.74, 6) is 3.42. The molecule has 27 aromatic rings. The van der Waals surface area contributed by atoms with E-state index in [0.717, 1.165) is 90.1 Å². The van der Waals surface area contributed by atoms with Gasteiger partial charge >= 0.3 is 0 Å². The molecule has 0 amide bonds. The van der Waals surface area contributed by atoms with Gasteiger partial charge in [0.05, 0.1) is 70.0 Å². The van der Waals surface area contributed by atoms with Crippen molar-refractivity contribution in [1.29, 1.82) is 0 Å². The van der Waals surface area contributed by atoms with Crippen LogP contribution in [0, 0.1) is 0 Å². The van der Waals surface area contributed by atoms with Gasteiger partial charge in [-0.1, -0.05) is 425 Å². The summed E-state index contributed by atoms with van der Waals surface area (Å²) >= 11 is 5.55. The zero-order valence-corrected chi connectivity index (χ0v) is 76.8. The average molecular weight is 1820 g/mol. The van der Waals surface area contributed by atoms with Crippen molar-refractivity contribution in [1.82, 2.24) is 48.1 Å². The molecule has 0 fully saturated rings. The maximum Gasteiger partial charge on any atom is 0.164 e. The molecule has 13 heteroatoms. The summed E-state index contributed by atoms with van der Waals surface area (Å²) in [5, 5.41) is 3.77. The van der Waals surface area contributed by atoms with E-state index in [4.69, 9.17) is 34.9 Å². The summed E-state index contributed by atoms with van der Waals surface area (Å²) in [7, 11) is 0. The van der Waals surface area contributed by atoms with E-state index in [2.05, 4.69) is 377 Å². The molecule has 648 valence electrons. The topological polar surface area (TPSA) is 103 Å². The molecule has 138 heavy (non-hydrogen) atoms. The third kappa shape index (κ3) is 15.3. The van der Waals surface area contributed by atoms with Gasteiger partial charge in [0.2, 0.25) is 0 Å². The highest BCUT2D eigenvalue weighted by Crippen LogP contribution is 2.50. The first-order valence-electron chi connectivity index (χ1n) is 46.1. The lowest BCUT2D eigenvalue weighted by Crippen LogP contribution is -2.00. The van der Waals surface area contributed by atoms with Crippen LogP contribution in [0.4, 0.5) is 0 Å². The number of fused-ring (bicyclic) bond motifs is 15. The molecule has 10 nitrogen and oxygen atoms in total. The number of thiazole rings is 3. The Hall–Kier alpha value is -17.6. The number of benzene rings is 18. The molecular weight excluding hydrogens is 1740 g/mol. The van der Waals surface area contributed by atoms with Crippen molar-refractivity contribution < 1.29 is 0 Å². The van der Waals surface area contributed by atoms with Crippen molar-refractivity contribution in [3.05, 3.63) is 485 Å². The maximum absolute atomic E-state index is 5.06. The van der Waals surface area contributed by atoms with Crippen molar-refractivity contribution in [2.75, 3.05) is 0 Å². The van der Waals surface area contributed by atoms with Crippen molar-refractivity contribution in [2.24, 2.45) is 0 Å². The van der Waals surface area contributed by atoms with Crippen LogP contribution in [0.25, 0.3) is 247 Å². The molecule has 0 unspecified atom stereocenters. The van der Waals surface area contributed by atoms with Gasteiger partial charge in [0.15, 0.2) is 29.1 Å². The predicted molar refractivity (Wildman–Crippen MR) is 577 cm³/mol. The minimum absolute atomic E-state index is 0.652. The van der Waals surface area contributed by atoms with Gasteiger partial charge < -0.3 is 0 Å². The fourth-order valence-corrected chi connectivity index (χ4v) is 22.9. The third-order valence-electron chi connectivity index (χ3n) is 25.8. The van der Waals surface area contributed by atoms with Crippen LogP contribution in [0.5, 0.6) is 0 Å². The van der Waals surface area contributed by atoms with E-state index < -0.39 is 0 Å². The zero-order chi connectivity index (χ0) is 91.4. The maximum atomic E-state index is 5.06. The van der Waals surface area contributed by atoms with E-state index in [1.165, 1.54) is 139 Å². The van der Waals surface area contributed by atoms with E-state index >= 15 is 0 Å². The van der Waals surface area contributed by atoms with Gasteiger partial charge in [-0.3, -0.25) is 13.2 Å². The Morgan fingerprint density at radius 2 is 0.435 bits per heavy atom. The smallest absolute Gasteiger partial charge is 0.164 e. The highest BCUT2D eigenvalue weighted by molar-refractivity contribution is 7.25. The minimum Gasteiger partial charge on any atom is -0.299 e. The summed E-state index contributed by atoms with van der Waals surface area (Å²) in [5.41, 5.74) is 34.8. The number of aromatic nitrogens is 10. The minimum atomic E-state index is 0.652. The Morgan fingerprint density at radius 3 is 0.862 bits per heavy atom. The first-order chi connectivity index (χ1) is 68.4. The molecule has 27 rings (SSSR count). The fourth-order valence-electron chi connectivity index (χ4n) is 19.2. The SMILES string of the molecule is c1ccc(-c2cc(-c3ccc(-c4c5c(-c6ccccc6)cccc5n5c4sc4ccccc45)cc3)nc(-c3ccccc3)n2)cc1.c1ccc(-c2ccc3c(-c4ccc(-c5cc(-c6ccccc6)nc(-c6ccccc6)n5)cc4)c4sc5ccccc5n4c3c2)cc1.c1ccc(-c2nc(-c3ccccc3)nc(-c3ccc(-c4c5cccc(-c6ccccc6)c5n5c4sc4ccccc45)cc3)n2)cc1. The molecule has 18 aromatic carbocycles. The molecule has 9 heterocycles. The van der Waals surface area contributed by atoms with Crippen LogP contribution in [0.1, 0.15) is 0 Å². The first kappa shape index (κ1) is 82.3. The zero-order valence-electron chi connectivity index (χ0n) is 74.4. The molecule has 0 saturated heterocycles. The molecule has 0 aliphatic heterocycles. The molecule has 0 aliphatic carbocycles. The van der Waals surface area contributed by atoms with Crippen LogP contribution in [-0.4, -0.2) is 48.1 Å². The summed E-state index contributed by atoms with van der Waals surface area (Å²) in [6.07, 6.45) is 0.